The quantitative estimate of drug-likeness (QED) is 0.271. The van der Waals surface area contributed by atoms with E-state index in [0.717, 1.165) is 18.2 Å². The van der Waals surface area contributed by atoms with E-state index < -0.39 is 12.1 Å². The summed E-state index contributed by atoms with van der Waals surface area (Å²) in [5.74, 6) is -2.31. The van der Waals surface area contributed by atoms with Crippen molar-refractivity contribution in [3.8, 4) is 0 Å². The van der Waals surface area contributed by atoms with Gasteiger partial charge < -0.3 is 16.0 Å². The number of benzene rings is 2. The van der Waals surface area contributed by atoms with Crippen molar-refractivity contribution in [2.24, 2.45) is 0 Å². The molecule has 34 heavy (non-hydrogen) atoms. The zero-order valence-electron chi connectivity index (χ0n) is 18.3. The fourth-order valence-electron chi connectivity index (χ4n) is 3.09. The molecule has 0 heterocycles. The number of alkyl halides is 3. The Morgan fingerprint density at radius 3 is 2.18 bits per heavy atom. The van der Waals surface area contributed by atoms with E-state index in [4.69, 9.17) is 34.8 Å². The molecule has 2 rings (SSSR count). The molecule has 2 aromatic rings. The summed E-state index contributed by atoms with van der Waals surface area (Å²) in [5.41, 5.74) is 1.29. The predicted molar refractivity (Wildman–Crippen MR) is 130 cm³/mol. The van der Waals surface area contributed by atoms with Crippen molar-refractivity contribution in [2.45, 2.75) is 25.9 Å². The molecule has 0 radical (unpaired) electrons. The van der Waals surface area contributed by atoms with Gasteiger partial charge in [0.2, 0.25) is 0 Å². The number of hydrogen-bond acceptors (Lipinski definition) is 2. The maximum absolute atomic E-state index is 13.7. The standard InChI is InChI=1S/C23H23Cl3F3N3O2/c1-3-30-22(34)32-9-8-31-21(33)16-6-4-14(10-13(16)2)5-7-17(23(27,28)29)15-11-18(24)20(26)19(25)12-15/h4-7,10-12,17H,3,8-9H2,1-2H3,(H,31,33)(H2,30,32,34). The van der Waals surface area contributed by atoms with Crippen LogP contribution in [0.1, 0.15) is 39.9 Å². The number of urea groups is 1. The van der Waals surface area contributed by atoms with Gasteiger partial charge in [0.15, 0.2) is 0 Å². The van der Waals surface area contributed by atoms with Crippen LogP contribution in [0.3, 0.4) is 0 Å². The van der Waals surface area contributed by atoms with E-state index in [9.17, 15) is 22.8 Å². The molecule has 0 aromatic heterocycles. The minimum absolute atomic E-state index is 0.0125. The van der Waals surface area contributed by atoms with E-state index in [1.54, 1.807) is 26.0 Å². The number of nitrogens with one attached hydrogen (secondary N) is 3. The maximum atomic E-state index is 13.7. The number of amides is 3. The largest absolute Gasteiger partial charge is 0.399 e. The second kappa shape index (κ2) is 12.3. The van der Waals surface area contributed by atoms with Gasteiger partial charge in [-0.2, -0.15) is 13.2 Å². The summed E-state index contributed by atoms with van der Waals surface area (Å²) < 4.78 is 41.1. The molecular weight excluding hydrogens is 514 g/mol. The Balaban J connectivity index is 2.12. The van der Waals surface area contributed by atoms with E-state index >= 15 is 0 Å². The summed E-state index contributed by atoms with van der Waals surface area (Å²) in [7, 11) is 0. The molecule has 0 saturated heterocycles. The molecule has 2 aromatic carbocycles. The first kappa shape index (κ1) is 27.8. The Kier molecular flexibility index (Phi) is 10.1. The molecule has 0 aliphatic carbocycles. The van der Waals surface area contributed by atoms with Gasteiger partial charge in [-0.05, 0) is 48.7 Å². The Hall–Kier alpha value is -2.42. The highest BCUT2D eigenvalue weighted by molar-refractivity contribution is 6.48. The Morgan fingerprint density at radius 2 is 1.62 bits per heavy atom. The SMILES string of the molecule is CCNC(=O)NCCNC(=O)c1ccc(C=CC(c2cc(Cl)c(Cl)c(Cl)c2)C(F)(F)F)cc1C. The molecule has 1 unspecified atom stereocenters. The molecule has 3 amide bonds. The summed E-state index contributed by atoms with van der Waals surface area (Å²) in [5, 5.41) is 7.68. The molecular formula is C23H23Cl3F3N3O2. The number of allylic oxidation sites excluding steroid dienone is 1. The number of carbonyl (C=O) groups excluding carboxylic acids is 2. The van der Waals surface area contributed by atoms with Crippen LogP contribution in [0, 0.1) is 6.92 Å². The highest BCUT2D eigenvalue weighted by Crippen LogP contribution is 2.41. The van der Waals surface area contributed by atoms with Crippen LogP contribution in [-0.2, 0) is 0 Å². The maximum Gasteiger partial charge on any atom is 0.399 e. The van der Waals surface area contributed by atoms with Gasteiger partial charge in [0.1, 0.15) is 0 Å². The third-order valence-electron chi connectivity index (χ3n) is 4.73. The van der Waals surface area contributed by atoms with E-state index in [-0.39, 0.29) is 45.7 Å². The molecule has 3 N–H and O–H groups in total. The van der Waals surface area contributed by atoms with Crippen LogP contribution >= 0.6 is 34.8 Å². The molecule has 0 saturated carbocycles. The van der Waals surface area contributed by atoms with Crippen molar-refractivity contribution in [2.75, 3.05) is 19.6 Å². The highest BCUT2D eigenvalue weighted by atomic mass is 35.5. The summed E-state index contributed by atoms with van der Waals surface area (Å²) >= 11 is 17.7. The van der Waals surface area contributed by atoms with Gasteiger partial charge in [-0.25, -0.2) is 4.79 Å². The van der Waals surface area contributed by atoms with Crippen LogP contribution in [0.15, 0.2) is 36.4 Å². The molecule has 0 aliphatic rings. The summed E-state index contributed by atoms with van der Waals surface area (Å²) in [6, 6.07) is 6.62. The fraction of sp³-hybridized carbons (Fsp3) is 0.304. The molecule has 0 spiro atoms. The monoisotopic (exact) mass is 535 g/mol. The van der Waals surface area contributed by atoms with Crippen molar-refractivity contribution in [3.63, 3.8) is 0 Å². The molecule has 11 heteroatoms. The van der Waals surface area contributed by atoms with E-state index in [1.165, 1.54) is 12.1 Å². The minimum Gasteiger partial charge on any atom is -0.350 e. The first-order valence-electron chi connectivity index (χ1n) is 10.2. The molecule has 0 aliphatic heterocycles. The third-order valence-corrected chi connectivity index (χ3v) is 5.92. The van der Waals surface area contributed by atoms with Gasteiger partial charge in [-0.1, -0.05) is 59.1 Å². The van der Waals surface area contributed by atoms with E-state index in [0.29, 0.717) is 23.2 Å². The van der Waals surface area contributed by atoms with Gasteiger partial charge in [-0.15, -0.1) is 0 Å². The van der Waals surface area contributed by atoms with Crippen molar-refractivity contribution in [1.29, 1.82) is 0 Å². The zero-order chi connectivity index (χ0) is 25.5. The molecule has 0 fully saturated rings. The molecule has 1 atom stereocenters. The van der Waals surface area contributed by atoms with Crippen LogP contribution in [0.2, 0.25) is 15.1 Å². The number of halogens is 6. The second-order valence-electron chi connectivity index (χ2n) is 7.29. The number of aryl methyl sites for hydroxylation is 1. The summed E-state index contributed by atoms with van der Waals surface area (Å²) in [6.07, 6.45) is -2.27. The van der Waals surface area contributed by atoms with Crippen LogP contribution in [0.4, 0.5) is 18.0 Å². The number of hydrogen-bond donors (Lipinski definition) is 3. The topological polar surface area (TPSA) is 70.2 Å². The van der Waals surface area contributed by atoms with Crippen molar-refractivity contribution in [1.82, 2.24) is 16.0 Å². The Labute approximate surface area is 210 Å². The lowest BCUT2D eigenvalue weighted by atomic mass is 9.96. The van der Waals surface area contributed by atoms with Crippen LogP contribution in [0.25, 0.3) is 6.08 Å². The summed E-state index contributed by atoms with van der Waals surface area (Å²) in [6.45, 7) is 4.42. The second-order valence-corrected chi connectivity index (χ2v) is 8.49. The average molecular weight is 537 g/mol. The van der Waals surface area contributed by atoms with E-state index in [1.807, 2.05) is 0 Å². The lowest BCUT2D eigenvalue weighted by molar-refractivity contribution is -0.139. The van der Waals surface area contributed by atoms with Crippen molar-refractivity contribution < 1.29 is 22.8 Å². The first-order chi connectivity index (χ1) is 15.9. The van der Waals surface area contributed by atoms with Crippen molar-refractivity contribution in [3.05, 3.63) is 73.7 Å². The van der Waals surface area contributed by atoms with Gasteiger partial charge in [0.05, 0.1) is 21.0 Å². The van der Waals surface area contributed by atoms with Gasteiger partial charge in [0, 0.05) is 25.2 Å². The summed E-state index contributed by atoms with van der Waals surface area (Å²) in [4.78, 5) is 23.7. The smallest absolute Gasteiger partial charge is 0.350 e. The highest BCUT2D eigenvalue weighted by Gasteiger charge is 2.39. The molecule has 5 nitrogen and oxygen atoms in total. The van der Waals surface area contributed by atoms with Crippen molar-refractivity contribution >= 4 is 52.8 Å². The minimum atomic E-state index is -4.59. The van der Waals surface area contributed by atoms with Crippen LogP contribution < -0.4 is 16.0 Å². The van der Waals surface area contributed by atoms with Gasteiger partial charge >= 0.3 is 12.2 Å². The van der Waals surface area contributed by atoms with Gasteiger partial charge in [0.25, 0.3) is 5.91 Å². The van der Waals surface area contributed by atoms with Crippen LogP contribution in [-0.4, -0.2) is 37.7 Å². The average Bonchev–Trinajstić information content (AvgIpc) is 2.74. The Bertz CT molecular complexity index is 1050. The fourth-order valence-corrected chi connectivity index (χ4v) is 3.70. The lowest BCUT2D eigenvalue weighted by Crippen LogP contribution is -2.40. The lowest BCUT2D eigenvalue weighted by Gasteiger charge is -2.18. The molecule has 184 valence electrons. The van der Waals surface area contributed by atoms with Gasteiger partial charge in [-0.3, -0.25) is 4.79 Å². The third kappa shape index (κ3) is 7.82. The zero-order valence-corrected chi connectivity index (χ0v) is 20.6. The number of carbonyl (C=O) groups is 2. The van der Waals surface area contributed by atoms with Crippen LogP contribution in [0.5, 0.6) is 0 Å². The molecule has 0 bridgehead atoms. The normalized spacial score (nSPS) is 12.5. The predicted octanol–water partition coefficient (Wildman–Crippen LogP) is 6.36. The van der Waals surface area contributed by atoms with E-state index in [2.05, 4.69) is 16.0 Å². The Morgan fingerprint density at radius 1 is 1.00 bits per heavy atom. The first-order valence-corrected chi connectivity index (χ1v) is 11.4. The number of rotatable bonds is 8.